The average molecular weight is 576 g/mol. The molecule has 3 aromatic rings. The topological polar surface area (TPSA) is 147 Å². The molecule has 0 atom stereocenters. The zero-order valence-electron chi connectivity index (χ0n) is 20.5. The first-order valence-corrected chi connectivity index (χ1v) is 14.2. The second-order valence-corrected chi connectivity index (χ2v) is 10.8. The first-order valence-electron chi connectivity index (χ1n) is 11.8. The molecule has 4 rings (SSSR count). The lowest BCUT2D eigenvalue weighted by Gasteiger charge is -2.15. The minimum atomic E-state index is -0.542. The van der Waals surface area contributed by atoms with E-state index in [1.807, 2.05) is 6.07 Å². The van der Waals surface area contributed by atoms with E-state index in [-0.39, 0.29) is 28.6 Å². The van der Waals surface area contributed by atoms with E-state index >= 15 is 0 Å². The van der Waals surface area contributed by atoms with Gasteiger partial charge < -0.3 is 5.32 Å². The minimum absolute atomic E-state index is 0.104. The molecule has 200 valence electrons. The molecule has 0 unspecified atom stereocenters. The van der Waals surface area contributed by atoms with Crippen molar-refractivity contribution >= 4 is 63.3 Å². The summed E-state index contributed by atoms with van der Waals surface area (Å²) in [4.78, 5) is 49.6. The molecule has 0 saturated heterocycles. The molecule has 2 heterocycles. The number of nitrogens with zero attached hydrogens (tertiary/aromatic N) is 3. The molecule has 0 fully saturated rings. The number of aryl methyl sites for hydroxylation is 1. The van der Waals surface area contributed by atoms with E-state index in [1.165, 1.54) is 22.0 Å². The molecule has 4 amide bonds. The molecule has 14 heteroatoms. The van der Waals surface area contributed by atoms with Crippen LogP contribution in [0.4, 0.5) is 5.00 Å². The minimum Gasteiger partial charge on any atom is -0.318 e. The molecular weight excluding hydrogens is 550 g/mol. The summed E-state index contributed by atoms with van der Waals surface area (Å²) in [6, 6.07) is 8.70. The van der Waals surface area contributed by atoms with E-state index in [0.29, 0.717) is 17.8 Å². The Balaban J connectivity index is 1.61. The molecule has 0 radical (unpaired) electrons. The van der Waals surface area contributed by atoms with Gasteiger partial charge in [0.2, 0.25) is 17.0 Å². The van der Waals surface area contributed by atoms with Crippen LogP contribution in [0.15, 0.2) is 35.5 Å². The highest BCUT2D eigenvalue weighted by Gasteiger charge is 2.25. The maximum Gasteiger partial charge on any atom is 0.270 e. The highest BCUT2D eigenvalue weighted by atomic mass is 35.5. The third kappa shape index (κ3) is 6.91. The van der Waals surface area contributed by atoms with Crippen LogP contribution in [-0.2, 0) is 33.6 Å². The van der Waals surface area contributed by atoms with Crippen molar-refractivity contribution in [2.45, 2.75) is 44.2 Å². The van der Waals surface area contributed by atoms with E-state index in [1.54, 1.807) is 35.6 Å². The van der Waals surface area contributed by atoms with Gasteiger partial charge in [-0.05, 0) is 48.9 Å². The predicted molar refractivity (Wildman–Crippen MR) is 146 cm³/mol. The van der Waals surface area contributed by atoms with Gasteiger partial charge in [0.25, 0.3) is 11.8 Å². The number of hydrazine groups is 1. The van der Waals surface area contributed by atoms with Crippen molar-refractivity contribution in [3.8, 4) is 0 Å². The number of hydrogen-bond donors (Lipinski definition) is 4. The van der Waals surface area contributed by atoms with Crippen LogP contribution in [0.5, 0.6) is 0 Å². The molecule has 0 bridgehead atoms. The van der Waals surface area contributed by atoms with Gasteiger partial charge in [-0.2, -0.15) is 0 Å². The number of benzene rings is 1. The number of carbonyl (C=O) groups is 4. The Hall–Kier alpha value is -3.42. The lowest BCUT2D eigenvalue weighted by Crippen LogP contribution is -2.43. The maximum absolute atomic E-state index is 13.0. The van der Waals surface area contributed by atoms with Crippen molar-refractivity contribution in [3.63, 3.8) is 0 Å². The van der Waals surface area contributed by atoms with Gasteiger partial charge in [0.05, 0.1) is 10.8 Å². The Labute approximate surface area is 232 Å². The first-order chi connectivity index (χ1) is 18.4. The average Bonchev–Trinajstić information content (AvgIpc) is 3.46. The highest BCUT2D eigenvalue weighted by Crippen LogP contribution is 2.39. The zero-order valence-corrected chi connectivity index (χ0v) is 22.9. The van der Waals surface area contributed by atoms with E-state index < -0.39 is 11.8 Å². The number of thioether (sulfide) groups is 1. The maximum atomic E-state index is 13.0. The number of aromatic nitrogens is 3. The second kappa shape index (κ2) is 12.9. The van der Waals surface area contributed by atoms with Gasteiger partial charge in [0.1, 0.15) is 5.88 Å². The Kier molecular flexibility index (Phi) is 9.37. The lowest BCUT2D eigenvalue weighted by atomic mass is 9.94. The van der Waals surface area contributed by atoms with Gasteiger partial charge in [0, 0.05) is 23.8 Å². The number of alkyl halides is 1. The van der Waals surface area contributed by atoms with E-state index in [4.69, 9.17) is 11.6 Å². The number of thiophene rings is 1. The van der Waals surface area contributed by atoms with Crippen LogP contribution < -0.4 is 21.6 Å². The quantitative estimate of drug-likeness (QED) is 0.174. The monoisotopic (exact) mass is 575 g/mol. The van der Waals surface area contributed by atoms with Crippen molar-refractivity contribution in [2.24, 2.45) is 0 Å². The fourth-order valence-corrected chi connectivity index (χ4v) is 6.08. The summed E-state index contributed by atoms with van der Waals surface area (Å²) in [5.74, 6) is -1.51. The Morgan fingerprint density at radius 3 is 2.53 bits per heavy atom. The summed E-state index contributed by atoms with van der Waals surface area (Å²) in [5.41, 5.74) is 9.90. The summed E-state index contributed by atoms with van der Waals surface area (Å²) in [7, 11) is 0. The van der Waals surface area contributed by atoms with Gasteiger partial charge in [-0.3, -0.25) is 35.5 Å². The van der Waals surface area contributed by atoms with Crippen molar-refractivity contribution in [1.82, 2.24) is 25.7 Å². The SMILES string of the molecule is CC(=O)Nc1sc2c(c1Cc1nnc(SCC(=O)NNC(=O)CCl)n1NC(=O)c1ccccc1)CCCC2. The smallest absolute Gasteiger partial charge is 0.270 e. The number of fused-ring (bicyclic) bond motifs is 1. The molecule has 38 heavy (non-hydrogen) atoms. The normalized spacial score (nSPS) is 12.4. The zero-order chi connectivity index (χ0) is 27.1. The van der Waals surface area contributed by atoms with Crippen LogP contribution in [0, 0.1) is 0 Å². The summed E-state index contributed by atoms with van der Waals surface area (Å²) >= 11 is 8.04. The van der Waals surface area contributed by atoms with E-state index in [9.17, 15) is 19.2 Å². The largest absolute Gasteiger partial charge is 0.318 e. The van der Waals surface area contributed by atoms with Crippen LogP contribution in [-0.4, -0.2) is 50.1 Å². The molecule has 0 saturated carbocycles. The molecular formula is C24H26ClN7O4S2. The molecule has 0 spiro atoms. The molecule has 4 N–H and O–H groups in total. The number of hydrogen-bond acceptors (Lipinski definition) is 8. The lowest BCUT2D eigenvalue weighted by molar-refractivity contribution is -0.126. The van der Waals surface area contributed by atoms with Crippen LogP contribution >= 0.6 is 34.7 Å². The fourth-order valence-electron chi connectivity index (χ4n) is 3.95. The van der Waals surface area contributed by atoms with Gasteiger partial charge >= 0.3 is 0 Å². The van der Waals surface area contributed by atoms with Crippen LogP contribution in [0.1, 0.15) is 52.0 Å². The van der Waals surface area contributed by atoms with Crippen molar-refractivity contribution in [1.29, 1.82) is 0 Å². The molecule has 0 aliphatic heterocycles. The van der Waals surface area contributed by atoms with Gasteiger partial charge in [-0.1, -0.05) is 30.0 Å². The third-order valence-electron chi connectivity index (χ3n) is 5.65. The van der Waals surface area contributed by atoms with Crippen molar-refractivity contribution in [2.75, 3.05) is 22.4 Å². The number of carbonyl (C=O) groups excluding carboxylic acids is 4. The number of halogens is 1. The van der Waals surface area contributed by atoms with Crippen LogP contribution in [0.2, 0.25) is 0 Å². The number of nitrogens with one attached hydrogen (secondary N) is 4. The predicted octanol–water partition coefficient (Wildman–Crippen LogP) is 2.63. The Morgan fingerprint density at radius 2 is 1.79 bits per heavy atom. The molecule has 1 aromatic carbocycles. The standard InChI is InChI=1S/C24H26ClN7O4S2/c1-14(33)26-23-17(16-9-5-6-10-18(16)38-23)11-19-27-30-24(37-13-21(35)29-28-20(34)12-25)32(19)31-22(36)15-7-3-2-4-8-15/h2-4,7-8H,5-6,9-13H2,1H3,(H,26,33)(H,28,34)(H,29,35)(H,31,36). The molecule has 2 aromatic heterocycles. The number of rotatable bonds is 9. The summed E-state index contributed by atoms with van der Waals surface area (Å²) in [6.07, 6.45) is 4.34. The summed E-state index contributed by atoms with van der Waals surface area (Å²) in [5, 5.41) is 12.5. The Morgan fingerprint density at radius 1 is 1.05 bits per heavy atom. The van der Waals surface area contributed by atoms with Gasteiger partial charge in [-0.25, -0.2) is 4.68 Å². The van der Waals surface area contributed by atoms with Crippen molar-refractivity contribution < 1.29 is 19.2 Å². The van der Waals surface area contributed by atoms with Crippen LogP contribution in [0.3, 0.4) is 0 Å². The summed E-state index contributed by atoms with van der Waals surface area (Å²) in [6.45, 7) is 1.47. The highest BCUT2D eigenvalue weighted by molar-refractivity contribution is 7.99. The van der Waals surface area contributed by atoms with Crippen LogP contribution in [0.25, 0.3) is 0 Å². The molecule has 1 aliphatic rings. The fraction of sp³-hybridized carbons (Fsp3) is 0.333. The van der Waals surface area contributed by atoms with E-state index in [0.717, 1.165) is 48.0 Å². The molecule has 11 nitrogen and oxygen atoms in total. The molecule has 1 aliphatic carbocycles. The van der Waals surface area contributed by atoms with E-state index in [2.05, 4.69) is 31.8 Å². The Bertz CT molecular complexity index is 1340. The second-order valence-electron chi connectivity index (χ2n) is 8.44. The van der Waals surface area contributed by atoms with Crippen molar-refractivity contribution in [3.05, 3.63) is 57.7 Å². The van der Waals surface area contributed by atoms with Gasteiger partial charge in [0.15, 0.2) is 5.82 Å². The summed E-state index contributed by atoms with van der Waals surface area (Å²) < 4.78 is 1.47. The third-order valence-corrected chi connectivity index (χ3v) is 8.07. The number of anilines is 1. The van der Waals surface area contributed by atoms with Gasteiger partial charge in [-0.15, -0.1) is 33.1 Å². The number of amides is 4. The first kappa shape index (κ1) is 27.6.